The van der Waals surface area contributed by atoms with E-state index in [0.29, 0.717) is 45.5 Å². The Morgan fingerprint density at radius 2 is 1.73 bits per heavy atom. The molecule has 0 aliphatic carbocycles. The Hall–Kier alpha value is -4.48. The molecule has 1 atom stereocenters. The molecule has 0 spiro atoms. The van der Waals surface area contributed by atoms with Gasteiger partial charge in [0, 0.05) is 28.2 Å². The molecule has 0 fully saturated rings. The fourth-order valence-corrected chi connectivity index (χ4v) is 5.45. The molecular formula is C32H32N4O3S. The molecule has 204 valence electrons. The molecule has 0 unspecified atom stereocenters. The van der Waals surface area contributed by atoms with E-state index in [1.807, 2.05) is 93.6 Å². The maximum atomic E-state index is 13.7. The quantitative estimate of drug-likeness (QED) is 0.284. The average Bonchev–Trinajstić information content (AvgIpc) is 2.94. The van der Waals surface area contributed by atoms with Crippen molar-refractivity contribution >= 4 is 35.0 Å². The van der Waals surface area contributed by atoms with Crippen LogP contribution in [-0.2, 0) is 9.59 Å². The number of allylic oxidation sites excluding steroid dienone is 2. The van der Waals surface area contributed by atoms with Gasteiger partial charge in [-0.1, -0.05) is 60.3 Å². The molecule has 1 aliphatic heterocycles. The van der Waals surface area contributed by atoms with Crippen LogP contribution in [0.15, 0.2) is 94.7 Å². The number of ether oxygens (including phenoxy) is 1. The summed E-state index contributed by atoms with van der Waals surface area (Å²) >= 11 is 1.23. The van der Waals surface area contributed by atoms with Crippen LogP contribution >= 0.6 is 11.8 Å². The smallest absolute Gasteiger partial charge is 0.254 e. The molecule has 7 nitrogen and oxygen atoms in total. The predicted octanol–water partition coefficient (Wildman–Crippen LogP) is 6.41. The van der Waals surface area contributed by atoms with Crippen LogP contribution in [0, 0.1) is 25.2 Å². The molecule has 0 saturated heterocycles. The summed E-state index contributed by atoms with van der Waals surface area (Å²) in [7, 11) is 0. The van der Waals surface area contributed by atoms with Crippen molar-refractivity contribution in [3.63, 3.8) is 0 Å². The number of carbonyl (C=O) groups excluding carboxylic acids is 2. The van der Waals surface area contributed by atoms with Crippen LogP contribution in [0.3, 0.4) is 0 Å². The fourth-order valence-electron chi connectivity index (χ4n) is 4.56. The third-order valence-corrected chi connectivity index (χ3v) is 7.49. The van der Waals surface area contributed by atoms with Gasteiger partial charge in [0.1, 0.15) is 5.75 Å². The zero-order valence-electron chi connectivity index (χ0n) is 23.0. The average molecular weight is 553 g/mol. The first-order valence-electron chi connectivity index (χ1n) is 13.0. The molecule has 3 N–H and O–H groups in total. The normalized spacial score (nSPS) is 14.7. The molecule has 0 saturated carbocycles. The number of dihydropyridines is 1. The second-order valence-electron chi connectivity index (χ2n) is 9.40. The minimum absolute atomic E-state index is 0.0829. The summed E-state index contributed by atoms with van der Waals surface area (Å²) < 4.78 is 5.91. The number of thioether (sulfide) groups is 1. The molecule has 2 amide bonds. The second kappa shape index (κ2) is 13.0. The first-order valence-corrected chi connectivity index (χ1v) is 14.0. The van der Waals surface area contributed by atoms with Gasteiger partial charge in [0.2, 0.25) is 5.91 Å². The third kappa shape index (κ3) is 6.56. The number of hydrogen-bond donors (Lipinski definition) is 3. The Balaban J connectivity index is 1.68. The summed E-state index contributed by atoms with van der Waals surface area (Å²) in [6.45, 7) is 8.04. The standard InChI is InChI=1S/C32H32N4O3S/c1-5-39-27-14-10-9-13-24(27)30-25(18-33)32(40-19-28(37)36-26-17-20(2)15-16-21(26)3)34-22(4)29(30)31(38)35-23-11-7-6-8-12-23/h6-17,30,34H,5,19H2,1-4H3,(H,35,38)(H,36,37)/t30-/m1/s1. The van der Waals surface area contributed by atoms with Crippen LogP contribution in [-0.4, -0.2) is 24.2 Å². The number of anilines is 2. The van der Waals surface area contributed by atoms with E-state index in [-0.39, 0.29) is 17.6 Å². The first-order chi connectivity index (χ1) is 19.3. The third-order valence-electron chi connectivity index (χ3n) is 6.47. The lowest BCUT2D eigenvalue weighted by Crippen LogP contribution is -2.31. The van der Waals surface area contributed by atoms with Gasteiger partial charge in [0.05, 0.1) is 34.9 Å². The number of benzene rings is 3. The Labute approximate surface area is 239 Å². The number of hydrogen-bond acceptors (Lipinski definition) is 6. The number of nitriles is 1. The number of amides is 2. The van der Waals surface area contributed by atoms with E-state index in [1.165, 1.54) is 11.8 Å². The number of nitrogens with one attached hydrogen (secondary N) is 3. The summed E-state index contributed by atoms with van der Waals surface area (Å²) in [6, 6.07) is 24.8. The van der Waals surface area contributed by atoms with Crippen LogP contribution in [0.25, 0.3) is 0 Å². The van der Waals surface area contributed by atoms with Crippen molar-refractivity contribution in [3.05, 3.63) is 111 Å². The summed E-state index contributed by atoms with van der Waals surface area (Å²) in [6.07, 6.45) is 0. The molecule has 4 rings (SSSR count). The lowest BCUT2D eigenvalue weighted by atomic mass is 9.81. The van der Waals surface area contributed by atoms with Crippen LogP contribution in [0.2, 0.25) is 0 Å². The van der Waals surface area contributed by atoms with Crippen LogP contribution in [0.4, 0.5) is 11.4 Å². The summed E-state index contributed by atoms with van der Waals surface area (Å²) in [4.78, 5) is 26.6. The highest BCUT2D eigenvalue weighted by Gasteiger charge is 2.36. The highest BCUT2D eigenvalue weighted by Crippen LogP contribution is 2.44. The molecule has 3 aromatic carbocycles. The molecule has 0 aromatic heterocycles. The molecule has 3 aromatic rings. The Bertz CT molecular complexity index is 1520. The molecule has 0 radical (unpaired) electrons. The van der Waals surface area contributed by atoms with Gasteiger partial charge in [-0.3, -0.25) is 9.59 Å². The summed E-state index contributed by atoms with van der Waals surface area (Å²) in [5, 5.41) is 20.1. The van der Waals surface area contributed by atoms with Crippen molar-refractivity contribution in [2.24, 2.45) is 0 Å². The van der Waals surface area contributed by atoms with Crippen LogP contribution < -0.4 is 20.7 Å². The van der Waals surface area contributed by atoms with Crippen molar-refractivity contribution in [1.29, 1.82) is 5.26 Å². The van der Waals surface area contributed by atoms with Crippen molar-refractivity contribution < 1.29 is 14.3 Å². The molecule has 1 heterocycles. The van der Waals surface area contributed by atoms with Gasteiger partial charge in [0.15, 0.2) is 0 Å². The van der Waals surface area contributed by atoms with E-state index in [1.54, 1.807) is 6.92 Å². The fraction of sp³-hybridized carbons (Fsp3) is 0.219. The lowest BCUT2D eigenvalue weighted by Gasteiger charge is -2.30. The van der Waals surface area contributed by atoms with Gasteiger partial charge in [-0.15, -0.1) is 0 Å². The maximum absolute atomic E-state index is 13.7. The molecule has 1 aliphatic rings. The molecule has 40 heavy (non-hydrogen) atoms. The van der Waals surface area contributed by atoms with E-state index in [0.717, 1.165) is 16.8 Å². The zero-order valence-corrected chi connectivity index (χ0v) is 23.8. The highest BCUT2D eigenvalue weighted by molar-refractivity contribution is 8.03. The number of nitrogens with zero attached hydrogens (tertiary/aromatic N) is 1. The van der Waals surface area contributed by atoms with Crippen molar-refractivity contribution in [1.82, 2.24) is 5.32 Å². The number of carbonyl (C=O) groups is 2. The first kappa shape index (κ1) is 28.5. The van der Waals surface area contributed by atoms with Crippen molar-refractivity contribution in [2.75, 3.05) is 23.0 Å². The molecule has 8 heteroatoms. The number of para-hydroxylation sites is 2. The largest absolute Gasteiger partial charge is 0.494 e. The van der Waals surface area contributed by atoms with Gasteiger partial charge in [-0.05, 0) is 63.1 Å². The lowest BCUT2D eigenvalue weighted by molar-refractivity contribution is -0.114. The van der Waals surface area contributed by atoms with Gasteiger partial charge >= 0.3 is 0 Å². The predicted molar refractivity (Wildman–Crippen MR) is 161 cm³/mol. The zero-order chi connectivity index (χ0) is 28.6. The SMILES string of the molecule is CCOc1ccccc1[C@@H]1C(C#N)=C(SCC(=O)Nc2cc(C)ccc2C)NC(C)=C1C(=O)Nc1ccccc1. The van der Waals surface area contributed by atoms with Gasteiger partial charge in [0.25, 0.3) is 5.91 Å². The highest BCUT2D eigenvalue weighted by atomic mass is 32.2. The Morgan fingerprint density at radius 3 is 2.45 bits per heavy atom. The molecule has 0 bridgehead atoms. The molecular weight excluding hydrogens is 520 g/mol. The minimum Gasteiger partial charge on any atom is -0.494 e. The topological polar surface area (TPSA) is 103 Å². The van der Waals surface area contributed by atoms with Crippen molar-refractivity contribution in [3.8, 4) is 11.8 Å². The maximum Gasteiger partial charge on any atom is 0.254 e. The Kier molecular flexibility index (Phi) is 9.31. The Morgan fingerprint density at radius 1 is 1.00 bits per heavy atom. The van der Waals surface area contributed by atoms with Gasteiger partial charge in [-0.25, -0.2) is 0 Å². The van der Waals surface area contributed by atoms with E-state index < -0.39 is 5.92 Å². The second-order valence-corrected chi connectivity index (χ2v) is 10.4. The van der Waals surface area contributed by atoms with E-state index in [9.17, 15) is 14.9 Å². The van der Waals surface area contributed by atoms with Gasteiger partial charge in [-0.2, -0.15) is 5.26 Å². The van der Waals surface area contributed by atoms with E-state index in [2.05, 4.69) is 22.0 Å². The summed E-state index contributed by atoms with van der Waals surface area (Å²) in [5.41, 5.74) is 5.50. The number of aryl methyl sites for hydroxylation is 2. The van der Waals surface area contributed by atoms with E-state index in [4.69, 9.17) is 4.74 Å². The van der Waals surface area contributed by atoms with E-state index >= 15 is 0 Å². The monoisotopic (exact) mass is 552 g/mol. The van der Waals surface area contributed by atoms with Crippen LogP contribution in [0.5, 0.6) is 5.75 Å². The van der Waals surface area contributed by atoms with Gasteiger partial charge < -0.3 is 20.7 Å². The number of rotatable bonds is 9. The summed E-state index contributed by atoms with van der Waals surface area (Å²) in [5.74, 6) is -0.524. The van der Waals surface area contributed by atoms with Crippen LogP contribution in [0.1, 0.15) is 36.5 Å². The minimum atomic E-state index is -0.692. The van der Waals surface area contributed by atoms with Crippen molar-refractivity contribution in [2.45, 2.75) is 33.6 Å².